The highest BCUT2D eigenvalue weighted by Gasteiger charge is 2.37. The highest BCUT2D eigenvalue weighted by atomic mass is 16.5. The van der Waals surface area contributed by atoms with E-state index in [9.17, 15) is 0 Å². The first-order chi connectivity index (χ1) is 8.42. The molecule has 2 aliphatic rings. The molecular formula is C14H26O3. The van der Waals surface area contributed by atoms with Crippen LogP contribution >= 0.6 is 0 Å². The monoisotopic (exact) mass is 242 g/mol. The molecule has 0 aliphatic carbocycles. The van der Waals surface area contributed by atoms with E-state index in [1.54, 1.807) is 0 Å². The molecule has 0 atom stereocenters. The van der Waals surface area contributed by atoms with Gasteiger partial charge in [-0.1, -0.05) is 13.3 Å². The average molecular weight is 242 g/mol. The lowest BCUT2D eigenvalue weighted by Gasteiger charge is -2.42. The summed E-state index contributed by atoms with van der Waals surface area (Å²) in [6, 6.07) is 0. The second-order valence-corrected chi connectivity index (χ2v) is 5.37. The van der Waals surface area contributed by atoms with Gasteiger partial charge in [0.05, 0.1) is 26.4 Å². The van der Waals surface area contributed by atoms with Gasteiger partial charge in [-0.3, -0.25) is 0 Å². The molecule has 17 heavy (non-hydrogen) atoms. The molecule has 2 heterocycles. The van der Waals surface area contributed by atoms with Crippen LogP contribution in [-0.2, 0) is 14.2 Å². The van der Waals surface area contributed by atoms with Crippen LogP contribution in [-0.4, -0.2) is 39.6 Å². The fraction of sp³-hybridized carbons (Fsp3) is 1.00. The maximum absolute atomic E-state index is 5.62. The van der Waals surface area contributed by atoms with E-state index < -0.39 is 0 Å². The van der Waals surface area contributed by atoms with E-state index in [0.717, 1.165) is 57.4 Å². The Hall–Kier alpha value is -0.120. The van der Waals surface area contributed by atoms with Crippen molar-refractivity contribution in [1.82, 2.24) is 0 Å². The molecule has 0 unspecified atom stereocenters. The molecule has 0 aromatic rings. The fourth-order valence-corrected chi connectivity index (χ4v) is 2.63. The van der Waals surface area contributed by atoms with Gasteiger partial charge >= 0.3 is 0 Å². The van der Waals surface area contributed by atoms with Crippen molar-refractivity contribution in [3.63, 3.8) is 0 Å². The Morgan fingerprint density at radius 3 is 2.06 bits per heavy atom. The Morgan fingerprint density at radius 2 is 1.59 bits per heavy atom. The minimum absolute atomic E-state index is 0.791. The Balaban J connectivity index is 1.56. The van der Waals surface area contributed by atoms with E-state index in [1.165, 1.54) is 25.7 Å². The molecule has 0 aromatic heterocycles. The molecule has 2 fully saturated rings. The summed E-state index contributed by atoms with van der Waals surface area (Å²) in [5.41, 5.74) is 0. The van der Waals surface area contributed by atoms with Crippen molar-refractivity contribution < 1.29 is 14.2 Å². The molecule has 2 rings (SSSR count). The molecule has 0 amide bonds. The minimum atomic E-state index is 0.791. The molecule has 2 aliphatic heterocycles. The summed E-state index contributed by atoms with van der Waals surface area (Å²) in [6.07, 6.45) is 4.90. The zero-order chi connectivity index (χ0) is 11.9. The van der Waals surface area contributed by atoms with Crippen molar-refractivity contribution in [2.45, 2.75) is 32.6 Å². The first-order valence-electron chi connectivity index (χ1n) is 7.15. The standard InChI is InChI=1S/C14H26O3/c1-2-3-6-15-7-4-5-14(12-8-16-9-12)13-10-17-11-13/h12-14H,2-11H2,1H3. The summed E-state index contributed by atoms with van der Waals surface area (Å²) in [6.45, 7) is 7.94. The highest BCUT2D eigenvalue weighted by molar-refractivity contribution is 4.83. The predicted molar refractivity (Wildman–Crippen MR) is 67.1 cm³/mol. The third kappa shape index (κ3) is 3.94. The normalized spacial score (nSPS) is 21.5. The SMILES string of the molecule is CCCCOCCCC(C1COC1)C1COC1. The summed E-state index contributed by atoms with van der Waals surface area (Å²) in [7, 11) is 0. The molecular weight excluding hydrogens is 216 g/mol. The van der Waals surface area contributed by atoms with E-state index in [4.69, 9.17) is 14.2 Å². The molecule has 100 valence electrons. The quantitative estimate of drug-likeness (QED) is 0.581. The predicted octanol–water partition coefficient (Wildman–Crippen LogP) is 2.49. The van der Waals surface area contributed by atoms with Crippen molar-refractivity contribution in [1.29, 1.82) is 0 Å². The topological polar surface area (TPSA) is 27.7 Å². The molecule has 0 aromatic carbocycles. The van der Waals surface area contributed by atoms with Gasteiger partial charge in [-0.05, 0) is 25.2 Å². The first kappa shape index (κ1) is 13.3. The zero-order valence-corrected chi connectivity index (χ0v) is 11.0. The van der Waals surface area contributed by atoms with E-state index in [1.807, 2.05) is 0 Å². The molecule has 3 nitrogen and oxygen atoms in total. The number of unbranched alkanes of at least 4 members (excludes halogenated alkanes) is 1. The van der Waals surface area contributed by atoms with E-state index in [-0.39, 0.29) is 0 Å². The van der Waals surface area contributed by atoms with Gasteiger partial charge in [0.25, 0.3) is 0 Å². The molecule has 0 radical (unpaired) electrons. The lowest BCUT2D eigenvalue weighted by atomic mass is 9.76. The van der Waals surface area contributed by atoms with E-state index >= 15 is 0 Å². The Labute approximate surface area is 105 Å². The van der Waals surface area contributed by atoms with Crippen molar-refractivity contribution in [2.24, 2.45) is 17.8 Å². The summed E-state index contributed by atoms with van der Waals surface area (Å²) < 4.78 is 16.3. The maximum Gasteiger partial charge on any atom is 0.0519 e. The molecule has 0 N–H and O–H groups in total. The summed E-state index contributed by atoms with van der Waals surface area (Å²) >= 11 is 0. The van der Waals surface area contributed by atoms with Gasteiger partial charge in [-0.2, -0.15) is 0 Å². The van der Waals surface area contributed by atoms with Crippen molar-refractivity contribution in [2.75, 3.05) is 39.6 Å². The minimum Gasteiger partial charge on any atom is -0.381 e. The number of rotatable bonds is 9. The number of hydrogen-bond acceptors (Lipinski definition) is 3. The Morgan fingerprint density at radius 1 is 1.00 bits per heavy atom. The lowest BCUT2D eigenvalue weighted by Crippen LogP contribution is -2.44. The van der Waals surface area contributed by atoms with Crippen molar-refractivity contribution in [3.05, 3.63) is 0 Å². The van der Waals surface area contributed by atoms with Crippen LogP contribution < -0.4 is 0 Å². The van der Waals surface area contributed by atoms with Gasteiger partial charge in [-0.15, -0.1) is 0 Å². The molecule has 0 bridgehead atoms. The number of hydrogen-bond donors (Lipinski definition) is 0. The van der Waals surface area contributed by atoms with Gasteiger partial charge < -0.3 is 14.2 Å². The molecule has 3 heteroatoms. The van der Waals surface area contributed by atoms with Gasteiger partial charge in [0.1, 0.15) is 0 Å². The van der Waals surface area contributed by atoms with Gasteiger partial charge in [0, 0.05) is 25.0 Å². The van der Waals surface area contributed by atoms with Crippen LogP contribution in [0.2, 0.25) is 0 Å². The van der Waals surface area contributed by atoms with Crippen LogP contribution in [0.1, 0.15) is 32.6 Å². The summed E-state index contributed by atoms with van der Waals surface area (Å²) in [4.78, 5) is 0. The highest BCUT2D eigenvalue weighted by Crippen LogP contribution is 2.34. The van der Waals surface area contributed by atoms with Crippen molar-refractivity contribution in [3.8, 4) is 0 Å². The van der Waals surface area contributed by atoms with Crippen LogP contribution in [0.15, 0.2) is 0 Å². The second-order valence-electron chi connectivity index (χ2n) is 5.37. The average Bonchev–Trinajstić information content (AvgIpc) is 2.17. The third-order valence-electron chi connectivity index (χ3n) is 4.01. The Bertz CT molecular complexity index is 186. The maximum atomic E-state index is 5.62. The van der Waals surface area contributed by atoms with Gasteiger partial charge in [0.15, 0.2) is 0 Å². The lowest BCUT2D eigenvalue weighted by molar-refractivity contribution is -0.131. The number of ether oxygens (including phenoxy) is 3. The van der Waals surface area contributed by atoms with Crippen molar-refractivity contribution >= 4 is 0 Å². The molecule has 2 saturated heterocycles. The summed E-state index contributed by atoms with van der Waals surface area (Å²) in [5.74, 6) is 2.39. The summed E-state index contributed by atoms with van der Waals surface area (Å²) in [5, 5.41) is 0. The second kappa shape index (κ2) is 7.34. The van der Waals surface area contributed by atoms with Gasteiger partial charge in [-0.25, -0.2) is 0 Å². The van der Waals surface area contributed by atoms with Crippen LogP contribution in [0.5, 0.6) is 0 Å². The molecule has 0 spiro atoms. The van der Waals surface area contributed by atoms with E-state index in [0.29, 0.717) is 0 Å². The third-order valence-corrected chi connectivity index (χ3v) is 4.01. The fourth-order valence-electron chi connectivity index (χ4n) is 2.63. The van der Waals surface area contributed by atoms with Crippen LogP contribution in [0, 0.1) is 17.8 Å². The van der Waals surface area contributed by atoms with Crippen LogP contribution in [0.4, 0.5) is 0 Å². The van der Waals surface area contributed by atoms with Crippen LogP contribution in [0.25, 0.3) is 0 Å². The molecule has 0 saturated carbocycles. The largest absolute Gasteiger partial charge is 0.381 e. The first-order valence-corrected chi connectivity index (χ1v) is 7.15. The zero-order valence-electron chi connectivity index (χ0n) is 11.0. The smallest absolute Gasteiger partial charge is 0.0519 e. The van der Waals surface area contributed by atoms with E-state index in [2.05, 4.69) is 6.92 Å². The Kier molecular flexibility index (Phi) is 5.75. The van der Waals surface area contributed by atoms with Gasteiger partial charge in [0.2, 0.25) is 0 Å². The van der Waals surface area contributed by atoms with Crippen LogP contribution in [0.3, 0.4) is 0 Å².